The van der Waals surface area contributed by atoms with Crippen LogP contribution in [-0.4, -0.2) is 67.2 Å². The van der Waals surface area contributed by atoms with Gasteiger partial charge in [-0.3, -0.25) is 10.3 Å². The average molecular weight is 549 g/mol. The van der Waals surface area contributed by atoms with Crippen LogP contribution in [0.5, 0.6) is 0 Å². The highest BCUT2D eigenvalue weighted by Gasteiger charge is 2.25. The van der Waals surface area contributed by atoms with Crippen LogP contribution < -0.4 is 10.6 Å². The van der Waals surface area contributed by atoms with Crippen LogP contribution in [-0.2, 0) is 10.0 Å². The fourth-order valence-electron chi connectivity index (χ4n) is 5.24. The minimum atomic E-state index is -3.83. The molecule has 0 bridgehead atoms. The van der Waals surface area contributed by atoms with Gasteiger partial charge in [0.2, 0.25) is 5.96 Å². The summed E-state index contributed by atoms with van der Waals surface area (Å²) in [6.07, 6.45) is 4.46. The zero-order valence-corrected chi connectivity index (χ0v) is 24.0. The smallest absolute Gasteiger partial charge is 0.268 e. The molecule has 0 amide bonds. The van der Waals surface area contributed by atoms with Gasteiger partial charge in [-0.1, -0.05) is 56.8 Å². The number of para-hydroxylation sites is 1. The number of nitrogens with zero attached hydrogens (tertiary/aromatic N) is 3. The van der Waals surface area contributed by atoms with Gasteiger partial charge >= 0.3 is 0 Å². The number of aliphatic imine (C=N–C) groups is 1. The molecule has 4 rings (SSSR count). The Balaban J connectivity index is 1.64. The molecule has 2 atom stereocenters. The Bertz CT molecular complexity index is 1440. The number of rotatable bonds is 10. The second kappa shape index (κ2) is 12.7. The fraction of sp³-hybridized carbons (Fsp3) is 0.400. The lowest BCUT2D eigenvalue weighted by molar-refractivity contribution is 0.151. The molecule has 2 heterocycles. The first-order valence-electron chi connectivity index (χ1n) is 13.7. The van der Waals surface area contributed by atoms with E-state index >= 15 is 0 Å². The lowest BCUT2D eigenvalue weighted by Gasteiger charge is -2.36. The van der Waals surface area contributed by atoms with Crippen LogP contribution >= 0.6 is 0 Å². The molecular weight excluding hydrogens is 508 g/mol. The molecule has 2 aromatic carbocycles. The third kappa shape index (κ3) is 6.49. The van der Waals surface area contributed by atoms with E-state index in [0.29, 0.717) is 28.4 Å². The van der Waals surface area contributed by atoms with Gasteiger partial charge in [-0.2, -0.15) is 0 Å². The normalized spacial score (nSPS) is 16.6. The first-order valence-corrected chi connectivity index (χ1v) is 15.2. The summed E-state index contributed by atoms with van der Waals surface area (Å²) in [5, 5.41) is 16.2. The van der Waals surface area contributed by atoms with E-state index in [0.717, 1.165) is 50.8 Å². The maximum Gasteiger partial charge on any atom is 0.268 e. The average Bonchev–Trinajstić information content (AvgIpc) is 3.35. The largest absolute Gasteiger partial charge is 0.352 e. The van der Waals surface area contributed by atoms with Crippen molar-refractivity contribution in [2.45, 2.75) is 57.0 Å². The van der Waals surface area contributed by atoms with Crippen molar-refractivity contribution in [3.63, 3.8) is 0 Å². The van der Waals surface area contributed by atoms with Crippen LogP contribution in [0.25, 0.3) is 10.9 Å². The molecule has 9 heteroatoms. The summed E-state index contributed by atoms with van der Waals surface area (Å²) in [5.41, 5.74) is 2.33. The number of nitrogens with one attached hydrogen (secondary N) is 3. The minimum absolute atomic E-state index is 0.0535. The third-order valence-electron chi connectivity index (χ3n) is 7.39. The van der Waals surface area contributed by atoms with Crippen molar-refractivity contribution in [3.8, 4) is 0 Å². The number of hydrogen-bond acceptors (Lipinski definition) is 5. The van der Waals surface area contributed by atoms with Gasteiger partial charge in [0.15, 0.2) is 0 Å². The van der Waals surface area contributed by atoms with Crippen molar-refractivity contribution < 1.29 is 8.42 Å². The van der Waals surface area contributed by atoms with Gasteiger partial charge in [-0.25, -0.2) is 17.4 Å². The van der Waals surface area contributed by atoms with Crippen molar-refractivity contribution in [1.29, 1.82) is 5.41 Å². The van der Waals surface area contributed by atoms with Crippen LogP contribution in [0.3, 0.4) is 0 Å². The van der Waals surface area contributed by atoms with Gasteiger partial charge in [0.1, 0.15) is 0 Å². The van der Waals surface area contributed by atoms with Gasteiger partial charge in [-0.05, 0) is 50.0 Å². The summed E-state index contributed by atoms with van der Waals surface area (Å²) in [5.74, 6) is 0.0535. The molecule has 0 spiro atoms. The number of aromatic nitrogens is 1. The number of allylic oxidation sites excluding steroid dienone is 1. The first-order chi connectivity index (χ1) is 18.8. The first kappa shape index (κ1) is 28.7. The molecule has 0 radical (unpaired) electrons. The molecule has 3 N–H and O–H groups in total. The number of benzene rings is 2. The van der Waals surface area contributed by atoms with Gasteiger partial charge in [0.05, 0.1) is 16.1 Å². The predicted molar refractivity (Wildman–Crippen MR) is 160 cm³/mol. The Morgan fingerprint density at radius 3 is 2.38 bits per heavy atom. The summed E-state index contributed by atoms with van der Waals surface area (Å²) < 4.78 is 28.4. The Morgan fingerprint density at radius 1 is 1.08 bits per heavy atom. The van der Waals surface area contributed by atoms with Gasteiger partial charge in [-0.15, -0.1) is 0 Å². The van der Waals surface area contributed by atoms with Crippen molar-refractivity contribution in [1.82, 2.24) is 19.5 Å². The van der Waals surface area contributed by atoms with E-state index in [1.54, 1.807) is 42.6 Å². The molecule has 39 heavy (non-hydrogen) atoms. The number of guanidine groups is 1. The lowest BCUT2D eigenvalue weighted by Crippen LogP contribution is -2.50. The molecule has 1 aliphatic rings. The second-order valence-electron chi connectivity index (χ2n) is 10.1. The zero-order valence-electron chi connectivity index (χ0n) is 23.2. The Kier molecular flexibility index (Phi) is 9.37. The topological polar surface area (TPSA) is 103 Å². The van der Waals surface area contributed by atoms with E-state index < -0.39 is 10.0 Å². The fourth-order valence-corrected chi connectivity index (χ4v) is 6.63. The predicted octanol–water partition coefficient (Wildman–Crippen LogP) is 4.62. The van der Waals surface area contributed by atoms with E-state index in [-0.39, 0.29) is 16.9 Å². The standard InChI is InChI=1S/C30H40N6O2S/c1-5-23(20-24(6-2)35-18-16-32-17-19-35)33-30(31)34-29(22(3)4)27-21-36(28-15-11-10-14-26(27)28)39(37,38)25-12-8-7-9-13-25/h7-15,21,23-24,32H,3,5-6,16-20H2,1-2,4H3,(H2,31,33)/b34-29+/t23-,24?/m1/s1. The molecule has 0 saturated carbocycles. The molecule has 1 fully saturated rings. The van der Waals surface area contributed by atoms with Crippen molar-refractivity contribution in [2.24, 2.45) is 4.99 Å². The van der Waals surface area contributed by atoms with Crippen molar-refractivity contribution >= 4 is 32.6 Å². The summed E-state index contributed by atoms with van der Waals surface area (Å²) in [6.45, 7) is 14.4. The number of hydrogen-bond donors (Lipinski definition) is 3. The number of fused-ring (bicyclic) bond motifs is 1. The monoisotopic (exact) mass is 548 g/mol. The zero-order chi connectivity index (χ0) is 28.0. The maximum absolute atomic E-state index is 13.6. The van der Waals surface area contributed by atoms with Crippen LogP contribution in [0.2, 0.25) is 0 Å². The SMILES string of the molecule is C=C(C)/C(=N\C(=N)N[C@H](CC)CC(CC)N1CCNCC1)c1cn(S(=O)(=O)c2ccccc2)c2ccccc12. The van der Waals surface area contributed by atoms with Gasteiger partial charge < -0.3 is 10.6 Å². The molecular formula is C30H40N6O2S. The molecule has 208 valence electrons. The van der Waals surface area contributed by atoms with Crippen LogP contribution in [0.1, 0.15) is 45.6 Å². The van der Waals surface area contributed by atoms with Crippen LogP contribution in [0.4, 0.5) is 0 Å². The van der Waals surface area contributed by atoms with Gasteiger partial charge in [0.25, 0.3) is 10.0 Å². The molecule has 1 aromatic heterocycles. The Morgan fingerprint density at radius 2 is 1.74 bits per heavy atom. The highest BCUT2D eigenvalue weighted by Crippen LogP contribution is 2.28. The summed E-state index contributed by atoms with van der Waals surface area (Å²) in [7, 11) is -3.83. The maximum atomic E-state index is 13.6. The van der Waals surface area contributed by atoms with E-state index in [1.165, 1.54) is 3.97 Å². The van der Waals surface area contributed by atoms with E-state index in [1.807, 2.05) is 25.1 Å². The van der Waals surface area contributed by atoms with Gasteiger partial charge in [0, 0.05) is 55.4 Å². The highest BCUT2D eigenvalue weighted by atomic mass is 32.2. The van der Waals surface area contributed by atoms with Crippen molar-refractivity contribution in [2.75, 3.05) is 26.2 Å². The molecule has 1 aliphatic heterocycles. The van der Waals surface area contributed by atoms with E-state index in [2.05, 4.69) is 41.0 Å². The molecule has 8 nitrogen and oxygen atoms in total. The van der Waals surface area contributed by atoms with E-state index in [4.69, 9.17) is 5.41 Å². The Hall–Kier alpha value is -3.27. The second-order valence-corrected chi connectivity index (χ2v) is 11.9. The molecule has 3 aromatic rings. The summed E-state index contributed by atoms with van der Waals surface area (Å²) >= 11 is 0. The number of piperazine rings is 1. The molecule has 1 saturated heterocycles. The van der Waals surface area contributed by atoms with E-state index in [9.17, 15) is 8.42 Å². The van der Waals surface area contributed by atoms with Crippen LogP contribution in [0.15, 0.2) is 82.8 Å². The quantitative estimate of drug-likeness (QED) is 0.253. The molecule has 0 aliphatic carbocycles. The minimum Gasteiger partial charge on any atom is -0.352 e. The van der Waals surface area contributed by atoms with Crippen LogP contribution in [0, 0.1) is 5.41 Å². The molecule has 1 unspecified atom stereocenters. The third-order valence-corrected chi connectivity index (χ3v) is 9.08. The van der Waals surface area contributed by atoms with Crippen molar-refractivity contribution in [3.05, 3.63) is 78.5 Å². The summed E-state index contributed by atoms with van der Waals surface area (Å²) in [4.78, 5) is 7.40. The summed E-state index contributed by atoms with van der Waals surface area (Å²) in [6, 6.07) is 16.3. The Labute approximate surface area is 232 Å². The lowest BCUT2D eigenvalue weighted by atomic mass is 10.0. The highest BCUT2D eigenvalue weighted by molar-refractivity contribution is 7.90.